The number of halogens is 4. The van der Waals surface area contributed by atoms with Crippen molar-refractivity contribution in [2.45, 2.75) is 13.1 Å². The second-order valence-electron chi connectivity index (χ2n) is 3.21. The summed E-state index contributed by atoms with van der Waals surface area (Å²) in [4.78, 5) is 10.6. The van der Waals surface area contributed by atoms with Crippen molar-refractivity contribution in [3.63, 3.8) is 0 Å². The summed E-state index contributed by atoms with van der Waals surface area (Å²) < 4.78 is 36.9. The molecular weight excluding hydrogens is 241 g/mol. The van der Waals surface area contributed by atoms with Gasteiger partial charge in [-0.05, 0) is 12.5 Å². The van der Waals surface area contributed by atoms with Crippen molar-refractivity contribution in [3.8, 4) is 0 Å². The minimum Gasteiger partial charge on any atom is -0.298 e. The number of benzene rings is 1. The molecule has 0 saturated heterocycles. The van der Waals surface area contributed by atoms with E-state index in [9.17, 15) is 18.0 Å². The summed E-state index contributed by atoms with van der Waals surface area (Å²) in [5.41, 5.74) is 0.495. The summed E-state index contributed by atoms with van der Waals surface area (Å²) in [5.74, 6) is 0. The molecule has 0 amide bonds. The van der Waals surface area contributed by atoms with E-state index in [0.717, 1.165) is 5.56 Å². The van der Waals surface area contributed by atoms with Crippen LogP contribution in [0.1, 0.15) is 11.1 Å². The normalized spacial score (nSPS) is 13.3. The molecule has 0 saturated carbocycles. The second kappa shape index (κ2) is 4.70. The molecule has 0 fully saturated rings. The quantitative estimate of drug-likeness (QED) is 0.576. The standard InChI is InChI=1S/C11H8ClF3O/c1-7-2-4-8(5-3-7)9(6-16)10(12)11(13,14)15/h2-6H,1H3/b10-9+. The number of aldehydes is 1. The summed E-state index contributed by atoms with van der Waals surface area (Å²) in [7, 11) is 0. The molecule has 0 aliphatic heterocycles. The van der Waals surface area contributed by atoms with Gasteiger partial charge in [0.2, 0.25) is 0 Å². The van der Waals surface area contributed by atoms with E-state index in [2.05, 4.69) is 0 Å². The fourth-order valence-electron chi connectivity index (χ4n) is 1.13. The van der Waals surface area contributed by atoms with Gasteiger partial charge in [-0.25, -0.2) is 0 Å². The fourth-order valence-corrected chi connectivity index (χ4v) is 1.29. The maximum atomic E-state index is 12.3. The second-order valence-corrected chi connectivity index (χ2v) is 3.59. The Kier molecular flexibility index (Phi) is 3.75. The highest BCUT2D eigenvalue weighted by Gasteiger charge is 2.35. The lowest BCUT2D eigenvalue weighted by molar-refractivity contribution is -0.104. The summed E-state index contributed by atoms with van der Waals surface area (Å²) in [6.45, 7) is 1.79. The highest BCUT2D eigenvalue weighted by molar-refractivity contribution is 6.37. The van der Waals surface area contributed by atoms with E-state index >= 15 is 0 Å². The molecule has 0 radical (unpaired) electrons. The molecule has 86 valence electrons. The third kappa shape index (κ3) is 2.85. The first-order valence-corrected chi connectivity index (χ1v) is 4.73. The number of aryl methyl sites for hydroxylation is 1. The first-order chi connectivity index (χ1) is 7.36. The van der Waals surface area contributed by atoms with Crippen LogP contribution in [0.3, 0.4) is 0 Å². The number of carbonyl (C=O) groups excluding carboxylic acids is 1. The molecule has 1 rings (SSSR count). The first-order valence-electron chi connectivity index (χ1n) is 4.35. The van der Waals surface area contributed by atoms with Gasteiger partial charge in [-0.2, -0.15) is 13.2 Å². The van der Waals surface area contributed by atoms with Crippen molar-refractivity contribution < 1.29 is 18.0 Å². The largest absolute Gasteiger partial charge is 0.427 e. The van der Waals surface area contributed by atoms with Crippen molar-refractivity contribution in [3.05, 3.63) is 40.4 Å². The lowest BCUT2D eigenvalue weighted by Gasteiger charge is -2.08. The third-order valence-electron chi connectivity index (χ3n) is 1.97. The van der Waals surface area contributed by atoms with Gasteiger partial charge < -0.3 is 0 Å². The molecule has 0 aliphatic carbocycles. The van der Waals surface area contributed by atoms with Crippen LogP contribution in [-0.4, -0.2) is 12.5 Å². The lowest BCUT2D eigenvalue weighted by atomic mass is 10.1. The topological polar surface area (TPSA) is 17.1 Å². The Morgan fingerprint density at radius 3 is 2.12 bits per heavy atom. The SMILES string of the molecule is Cc1ccc(/C(C=O)=C(/Cl)C(F)(F)F)cc1. The Morgan fingerprint density at radius 1 is 1.25 bits per heavy atom. The lowest BCUT2D eigenvalue weighted by Crippen LogP contribution is -2.10. The van der Waals surface area contributed by atoms with Crippen LogP contribution in [0.15, 0.2) is 29.3 Å². The average molecular weight is 249 g/mol. The molecular formula is C11H8ClF3O. The number of hydrogen-bond acceptors (Lipinski definition) is 1. The van der Waals surface area contributed by atoms with Gasteiger partial charge in [0.05, 0.1) is 0 Å². The summed E-state index contributed by atoms with van der Waals surface area (Å²) in [6, 6.07) is 6.07. The monoisotopic (exact) mass is 248 g/mol. The number of carbonyl (C=O) groups is 1. The van der Waals surface area contributed by atoms with Crippen LogP contribution in [0.2, 0.25) is 0 Å². The number of allylic oxidation sites excluding steroid dienone is 2. The van der Waals surface area contributed by atoms with E-state index in [1.54, 1.807) is 19.1 Å². The van der Waals surface area contributed by atoms with Crippen molar-refractivity contribution in [1.29, 1.82) is 0 Å². The Labute approximate surface area is 95.5 Å². The molecule has 0 aliphatic rings. The van der Waals surface area contributed by atoms with Gasteiger partial charge >= 0.3 is 6.18 Å². The summed E-state index contributed by atoms with van der Waals surface area (Å²) in [6.07, 6.45) is -4.59. The zero-order valence-electron chi connectivity index (χ0n) is 8.31. The van der Waals surface area contributed by atoms with Crippen LogP contribution < -0.4 is 0 Å². The zero-order valence-corrected chi connectivity index (χ0v) is 9.06. The molecule has 5 heteroatoms. The maximum absolute atomic E-state index is 12.3. The molecule has 0 spiro atoms. The van der Waals surface area contributed by atoms with Gasteiger partial charge in [-0.3, -0.25) is 4.79 Å². The predicted octanol–water partition coefficient (Wildman–Crippen LogP) is 3.71. The zero-order chi connectivity index (χ0) is 12.3. The van der Waals surface area contributed by atoms with Gasteiger partial charge in [-0.15, -0.1) is 0 Å². The molecule has 0 heterocycles. The van der Waals surface area contributed by atoms with E-state index < -0.39 is 16.8 Å². The highest BCUT2D eigenvalue weighted by Crippen LogP contribution is 2.34. The Balaban J connectivity index is 3.27. The van der Waals surface area contributed by atoms with Crippen LogP contribution in [0.5, 0.6) is 0 Å². The van der Waals surface area contributed by atoms with Gasteiger partial charge in [-0.1, -0.05) is 41.4 Å². The molecule has 0 aromatic heterocycles. The van der Waals surface area contributed by atoms with Crippen molar-refractivity contribution in [2.75, 3.05) is 0 Å². The molecule has 1 nitrogen and oxygen atoms in total. The summed E-state index contributed by atoms with van der Waals surface area (Å²) >= 11 is 5.12. The van der Waals surface area contributed by atoms with E-state index in [1.165, 1.54) is 12.1 Å². The van der Waals surface area contributed by atoms with Crippen LogP contribution in [0.4, 0.5) is 13.2 Å². The highest BCUT2D eigenvalue weighted by atomic mass is 35.5. The van der Waals surface area contributed by atoms with E-state index in [1.807, 2.05) is 0 Å². The summed E-state index contributed by atoms with van der Waals surface area (Å²) in [5, 5.41) is -1.40. The molecule has 0 unspecified atom stereocenters. The fraction of sp³-hybridized carbons (Fsp3) is 0.182. The average Bonchev–Trinajstić information content (AvgIpc) is 2.20. The first kappa shape index (κ1) is 12.8. The minimum atomic E-state index is -4.71. The number of rotatable bonds is 2. The van der Waals surface area contributed by atoms with Crippen LogP contribution in [0, 0.1) is 6.92 Å². The van der Waals surface area contributed by atoms with Crippen molar-refractivity contribution in [1.82, 2.24) is 0 Å². The maximum Gasteiger partial charge on any atom is 0.427 e. The van der Waals surface area contributed by atoms with Crippen molar-refractivity contribution >= 4 is 23.5 Å². The smallest absolute Gasteiger partial charge is 0.298 e. The number of alkyl halides is 3. The van der Waals surface area contributed by atoms with Gasteiger partial charge in [0.25, 0.3) is 0 Å². The molecule has 0 atom stereocenters. The Morgan fingerprint density at radius 2 is 1.75 bits per heavy atom. The third-order valence-corrected chi connectivity index (χ3v) is 2.38. The van der Waals surface area contributed by atoms with Gasteiger partial charge in [0.15, 0.2) is 6.29 Å². The molecule has 16 heavy (non-hydrogen) atoms. The van der Waals surface area contributed by atoms with Crippen molar-refractivity contribution in [2.24, 2.45) is 0 Å². The van der Waals surface area contributed by atoms with Crippen LogP contribution in [0.25, 0.3) is 5.57 Å². The molecule has 0 bridgehead atoms. The van der Waals surface area contributed by atoms with Gasteiger partial charge in [0, 0.05) is 5.57 Å². The molecule has 1 aromatic rings. The number of hydrogen-bond donors (Lipinski definition) is 0. The minimum absolute atomic E-state index is 0.112. The predicted molar refractivity (Wildman–Crippen MR) is 56.1 cm³/mol. The van der Waals surface area contributed by atoms with E-state index in [0.29, 0.717) is 0 Å². The molecule has 1 aromatic carbocycles. The Hall–Kier alpha value is -1.29. The van der Waals surface area contributed by atoms with E-state index in [-0.39, 0.29) is 11.8 Å². The Bertz CT molecular complexity index is 418. The molecule has 0 N–H and O–H groups in total. The van der Waals surface area contributed by atoms with Crippen LogP contribution in [-0.2, 0) is 4.79 Å². The van der Waals surface area contributed by atoms with Gasteiger partial charge in [0.1, 0.15) is 5.03 Å². The van der Waals surface area contributed by atoms with Crippen LogP contribution >= 0.6 is 11.6 Å². The van der Waals surface area contributed by atoms with E-state index in [4.69, 9.17) is 11.6 Å².